The molecule has 0 spiro atoms. The Bertz CT molecular complexity index is 810. The van der Waals surface area contributed by atoms with Gasteiger partial charge in [-0.05, 0) is 63.3 Å². The molecule has 3 fully saturated rings. The van der Waals surface area contributed by atoms with Gasteiger partial charge in [0.2, 0.25) is 11.8 Å². The average Bonchev–Trinajstić information content (AvgIpc) is 3.27. The van der Waals surface area contributed by atoms with Gasteiger partial charge in [-0.2, -0.15) is 0 Å². The van der Waals surface area contributed by atoms with Gasteiger partial charge in [0, 0.05) is 37.8 Å². The van der Waals surface area contributed by atoms with E-state index in [9.17, 15) is 14.4 Å². The predicted octanol–water partition coefficient (Wildman–Crippen LogP) is 2.01. The molecule has 4 rings (SSSR count). The topological polar surface area (TPSA) is 73.0 Å². The number of fused-ring (bicyclic) bond motifs is 1. The van der Waals surface area contributed by atoms with Gasteiger partial charge in [0.05, 0.1) is 0 Å². The molecular formula is C24H34N4O3. The smallest absolute Gasteiger partial charge is 0.251 e. The fourth-order valence-corrected chi connectivity index (χ4v) is 5.06. The van der Waals surface area contributed by atoms with Gasteiger partial charge in [0.25, 0.3) is 5.91 Å². The molecule has 3 saturated heterocycles. The Morgan fingerprint density at radius 2 is 1.87 bits per heavy atom. The van der Waals surface area contributed by atoms with Crippen LogP contribution in [0.15, 0.2) is 24.3 Å². The van der Waals surface area contributed by atoms with Crippen LogP contribution in [0, 0.1) is 0 Å². The number of carbonyl (C=O) groups excluding carboxylic acids is 3. The summed E-state index contributed by atoms with van der Waals surface area (Å²) in [5.41, 5.74) is 1.56. The summed E-state index contributed by atoms with van der Waals surface area (Å²) >= 11 is 0. The molecule has 31 heavy (non-hydrogen) atoms. The second kappa shape index (κ2) is 9.81. The second-order valence-electron chi connectivity index (χ2n) is 9.13. The molecule has 168 valence electrons. The quantitative estimate of drug-likeness (QED) is 0.677. The molecule has 3 aliphatic rings. The highest BCUT2D eigenvalue weighted by Crippen LogP contribution is 2.24. The van der Waals surface area contributed by atoms with Crippen LogP contribution in [0.25, 0.3) is 0 Å². The third kappa shape index (κ3) is 5.09. The molecule has 1 aromatic carbocycles. The number of piperidine rings is 1. The molecule has 0 aromatic heterocycles. The summed E-state index contributed by atoms with van der Waals surface area (Å²) in [5, 5.41) is 3.01. The number of carbonyl (C=O) groups is 3. The van der Waals surface area contributed by atoms with Gasteiger partial charge in [0.1, 0.15) is 12.6 Å². The number of rotatable bonds is 7. The van der Waals surface area contributed by atoms with E-state index in [1.807, 2.05) is 12.1 Å². The number of nitrogens with one attached hydrogen (secondary N) is 1. The summed E-state index contributed by atoms with van der Waals surface area (Å²) < 4.78 is 0. The third-order valence-electron chi connectivity index (χ3n) is 6.93. The van der Waals surface area contributed by atoms with Crippen molar-refractivity contribution in [2.75, 3.05) is 32.7 Å². The summed E-state index contributed by atoms with van der Waals surface area (Å²) in [6.07, 6.45) is 6.49. The minimum atomic E-state index is -0.278. The first-order valence-corrected chi connectivity index (χ1v) is 11.7. The monoisotopic (exact) mass is 426 g/mol. The van der Waals surface area contributed by atoms with Crippen molar-refractivity contribution in [1.29, 1.82) is 0 Å². The molecule has 1 N–H and O–H groups in total. The molecule has 0 saturated carbocycles. The van der Waals surface area contributed by atoms with Gasteiger partial charge in [-0.3, -0.25) is 14.4 Å². The number of benzene rings is 1. The van der Waals surface area contributed by atoms with E-state index < -0.39 is 0 Å². The standard InChI is InChI=1S/C24H34N4O3/c1-18-6-2-3-13-26(18)14-5-12-25-23(30)20-10-8-19(9-11-20)16-27-17-22(29)28-15-4-7-21(28)24(27)31/h8-11,18,21H,2-7,12-17H2,1H3,(H,25,30)/t18-,21+/m0/s1. The third-order valence-corrected chi connectivity index (χ3v) is 6.93. The molecule has 2 atom stereocenters. The Morgan fingerprint density at radius 3 is 2.65 bits per heavy atom. The first-order chi connectivity index (χ1) is 15.0. The molecular weight excluding hydrogens is 392 g/mol. The van der Waals surface area contributed by atoms with Crippen LogP contribution in [-0.2, 0) is 16.1 Å². The van der Waals surface area contributed by atoms with Crippen LogP contribution in [-0.4, -0.2) is 77.2 Å². The van der Waals surface area contributed by atoms with Crippen molar-refractivity contribution in [1.82, 2.24) is 20.0 Å². The first-order valence-electron chi connectivity index (χ1n) is 11.7. The normalized spacial score (nSPS) is 24.4. The summed E-state index contributed by atoms with van der Waals surface area (Å²) in [4.78, 5) is 43.3. The van der Waals surface area contributed by atoms with Crippen LogP contribution < -0.4 is 5.32 Å². The average molecular weight is 427 g/mol. The lowest BCUT2D eigenvalue weighted by atomic mass is 10.0. The van der Waals surface area contributed by atoms with E-state index in [4.69, 9.17) is 0 Å². The van der Waals surface area contributed by atoms with Crippen LogP contribution in [0.5, 0.6) is 0 Å². The lowest BCUT2D eigenvalue weighted by molar-refractivity contribution is -0.154. The maximum atomic E-state index is 12.7. The van der Waals surface area contributed by atoms with E-state index in [1.165, 1.54) is 25.8 Å². The Hall–Kier alpha value is -2.41. The fraction of sp³-hybridized carbons (Fsp3) is 0.625. The zero-order valence-corrected chi connectivity index (χ0v) is 18.5. The van der Waals surface area contributed by atoms with Crippen molar-refractivity contribution < 1.29 is 14.4 Å². The van der Waals surface area contributed by atoms with Crippen molar-refractivity contribution in [3.63, 3.8) is 0 Å². The Balaban J connectivity index is 1.23. The van der Waals surface area contributed by atoms with Crippen molar-refractivity contribution in [2.24, 2.45) is 0 Å². The van der Waals surface area contributed by atoms with Crippen LogP contribution in [0.3, 0.4) is 0 Å². The zero-order valence-electron chi connectivity index (χ0n) is 18.5. The second-order valence-corrected chi connectivity index (χ2v) is 9.13. The summed E-state index contributed by atoms with van der Waals surface area (Å²) in [5.74, 6) is 0.0167. The largest absolute Gasteiger partial charge is 0.352 e. The van der Waals surface area contributed by atoms with Crippen LogP contribution >= 0.6 is 0 Å². The number of hydrogen-bond acceptors (Lipinski definition) is 4. The van der Waals surface area contributed by atoms with Crippen LogP contribution in [0.4, 0.5) is 0 Å². The summed E-state index contributed by atoms with van der Waals surface area (Å²) in [6, 6.07) is 7.73. The highest BCUT2D eigenvalue weighted by molar-refractivity contribution is 5.95. The molecule has 3 amide bonds. The van der Waals surface area contributed by atoms with Crippen molar-refractivity contribution in [2.45, 2.75) is 64.1 Å². The Morgan fingerprint density at radius 1 is 1.06 bits per heavy atom. The predicted molar refractivity (Wildman–Crippen MR) is 118 cm³/mol. The molecule has 0 aliphatic carbocycles. The maximum absolute atomic E-state index is 12.7. The molecule has 0 bridgehead atoms. The summed E-state index contributed by atoms with van der Waals surface area (Å²) in [7, 11) is 0. The molecule has 0 unspecified atom stereocenters. The lowest BCUT2D eigenvalue weighted by Crippen LogP contribution is -2.56. The number of amides is 3. The zero-order chi connectivity index (χ0) is 21.8. The molecule has 7 nitrogen and oxygen atoms in total. The first kappa shape index (κ1) is 21.8. The minimum absolute atomic E-state index is 0.0389. The van der Waals surface area contributed by atoms with Crippen molar-refractivity contribution >= 4 is 17.7 Å². The maximum Gasteiger partial charge on any atom is 0.251 e. The molecule has 3 aliphatic heterocycles. The van der Waals surface area contributed by atoms with E-state index in [0.29, 0.717) is 31.2 Å². The van der Waals surface area contributed by atoms with E-state index >= 15 is 0 Å². The number of piperazine rings is 1. The van der Waals surface area contributed by atoms with Crippen molar-refractivity contribution in [3.8, 4) is 0 Å². The van der Waals surface area contributed by atoms with E-state index in [-0.39, 0.29) is 30.3 Å². The minimum Gasteiger partial charge on any atom is -0.352 e. The number of hydrogen-bond donors (Lipinski definition) is 1. The highest BCUT2D eigenvalue weighted by atomic mass is 16.2. The Labute approximate surface area is 184 Å². The lowest BCUT2D eigenvalue weighted by Gasteiger charge is -2.36. The molecule has 7 heteroatoms. The highest BCUT2D eigenvalue weighted by Gasteiger charge is 2.41. The Kier molecular flexibility index (Phi) is 6.90. The molecule has 0 radical (unpaired) electrons. The number of nitrogens with zero attached hydrogens (tertiary/aromatic N) is 3. The van der Waals surface area contributed by atoms with Crippen LogP contribution in [0.2, 0.25) is 0 Å². The van der Waals surface area contributed by atoms with Crippen LogP contribution in [0.1, 0.15) is 61.4 Å². The molecule has 3 heterocycles. The van der Waals surface area contributed by atoms with E-state index in [0.717, 1.165) is 31.4 Å². The molecule has 1 aromatic rings. The fourth-order valence-electron chi connectivity index (χ4n) is 5.06. The van der Waals surface area contributed by atoms with Crippen molar-refractivity contribution in [3.05, 3.63) is 35.4 Å². The van der Waals surface area contributed by atoms with Gasteiger partial charge in [0.15, 0.2) is 0 Å². The van der Waals surface area contributed by atoms with Gasteiger partial charge in [-0.1, -0.05) is 18.6 Å². The van der Waals surface area contributed by atoms with E-state index in [1.54, 1.807) is 21.9 Å². The van der Waals surface area contributed by atoms with Gasteiger partial charge < -0.3 is 20.0 Å². The van der Waals surface area contributed by atoms with Gasteiger partial charge in [-0.25, -0.2) is 0 Å². The van der Waals surface area contributed by atoms with E-state index in [2.05, 4.69) is 17.1 Å². The summed E-state index contributed by atoms with van der Waals surface area (Å²) in [6.45, 7) is 6.41. The SMILES string of the molecule is C[C@H]1CCCCN1CCCNC(=O)c1ccc(CN2CC(=O)N3CCC[C@@H]3C2=O)cc1. The van der Waals surface area contributed by atoms with Gasteiger partial charge >= 0.3 is 0 Å². The van der Waals surface area contributed by atoms with Gasteiger partial charge in [-0.15, -0.1) is 0 Å². The number of likely N-dealkylation sites (tertiary alicyclic amines) is 1.